The summed E-state index contributed by atoms with van der Waals surface area (Å²) in [6, 6.07) is 9.80. The Labute approximate surface area is 99.4 Å². The molecule has 1 saturated heterocycles. The molecule has 1 fully saturated rings. The molecular weight excluding hydrogens is 216 g/mol. The van der Waals surface area contributed by atoms with Crippen LogP contribution in [-0.2, 0) is 9.53 Å². The van der Waals surface area contributed by atoms with Gasteiger partial charge in [0.15, 0.2) is 6.10 Å². The number of furan rings is 1. The molecule has 3 rings (SSSR count). The third-order valence-electron chi connectivity index (χ3n) is 3.30. The van der Waals surface area contributed by atoms with E-state index in [0.717, 1.165) is 23.2 Å². The second kappa shape index (κ2) is 3.91. The van der Waals surface area contributed by atoms with Crippen LogP contribution in [0, 0.1) is 5.92 Å². The molecule has 0 radical (unpaired) electrons. The average molecular weight is 230 g/mol. The first-order valence-corrected chi connectivity index (χ1v) is 5.92. The molecule has 17 heavy (non-hydrogen) atoms. The Kier molecular flexibility index (Phi) is 2.39. The second-order valence-corrected chi connectivity index (χ2v) is 4.61. The number of cyclic esters (lactones) is 1. The highest BCUT2D eigenvalue weighted by atomic mass is 16.6. The topological polar surface area (TPSA) is 39.4 Å². The summed E-state index contributed by atoms with van der Waals surface area (Å²) >= 11 is 0. The van der Waals surface area contributed by atoms with E-state index in [4.69, 9.17) is 9.15 Å². The minimum Gasteiger partial charge on any atom is -0.457 e. The maximum atomic E-state index is 11.3. The number of hydrogen-bond acceptors (Lipinski definition) is 3. The fourth-order valence-electron chi connectivity index (χ4n) is 2.29. The van der Waals surface area contributed by atoms with Gasteiger partial charge in [-0.2, -0.15) is 0 Å². The molecule has 2 aromatic rings. The van der Waals surface area contributed by atoms with E-state index in [1.54, 1.807) is 0 Å². The van der Waals surface area contributed by atoms with Crippen LogP contribution in [0.15, 0.2) is 34.7 Å². The molecule has 1 aromatic carbocycles. The largest absolute Gasteiger partial charge is 0.457 e. The summed E-state index contributed by atoms with van der Waals surface area (Å²) in [5.74, 6) is 0.938. The summed E-state index contributed by atoms with van der Waals surface area (Å²) < 4.78 is 11.1. The standard InChI is InChI=1S/C14H14O3/c1-9-6-7-13(15)17-14(9)12-8-10-4-2-3-5-11(10)16-12/h2-5,8-9,14H,6-7H2,1H3/t9-,14-/m1/s1. The van der Waals surface area contributed by atoms with Gasteiger partial charge in [0.05, 0.1) is 0 Å². The molecule has 0 amide bonds. The Bertz CT molecular complexity index is 522. The molecule has 2 heterocycles. The van der Waals surface area contributed by atoms with Crippen LogP contribution < -0.4 is 0 Å². The summed E-state index contributed by atoms with van der Waals surface area (Å²) in [7, 11) is 0. The number of esters is 1. The van der Waals surface area contributed by atoms with Crippen LogP contribution in [-0.4, -0.2) is 5.97 Å². The highest BCUT2D eigenvalue weighted by Crippen LogP contribution is 2.36. The predicted octanol–water partition coefficient (Wildman–Crippen LogP) is 3.45. The molecule has 88 valence electrons. The highest BCUT2D eigenvalue weighted by molar-refractivity contribution is 5.78. The van der Waals surface area contributed by atoms with Crippen LogP contribution in [0.5, 0.6) is 0 Å². The monoisotopic (exact) mass is 230 g/mol. The lowest BCUT2D eigenvalue weighted by Crippen LogP contribution is -2.23. The number of rotatable bonds is 1. The minimum atomic E-state index is -0.233. The van der Waals surface area contributed by atoms with Gasteiger partial charge in [-0.15, -0.1) is 0 Å². The number of fused-ring (bicyclic) bond motifs is 1. The fourth-order valence-corrected chi connectivity index (χ4v) is 2.29. The van der Waals surface area contributed by atoms with Gasteiger partial charge in [0.1, 0.15) is 11.3 Å². The van der Waals surface area contributed by atoms with Gasteiger partial charge in [-0.05, 0) is 18.6 Å². The van der Waals surface area contributed by atoms with Crippen molar-refractivity contribution < 1.29 is 13.9 Å². The summed E-state index contributed by atoms with van der Waals surface area (Å²) in [6.45, 7) is 2.09. The number of benzene rings is 1. The first-order chi connectivity index (χ1) is 8.24. The zero-order chi connectivity index (χ0) is 11.8. The molecule has 1 aliphatic heterocycles. The molecule has 3 heteroatoms. The van der Waals surface area contributed by atoms with Crippen molar-refractivity contribution in [3.05, 3.63) is 36.1 Å². The van der Waals surface area contributed by atoms with Crippen LogP contribution in [0.3, 0.4) is 0 Å². The number of hydrogen-bond donors (Lipinski definition) is 0. The number of para-hydroxylation sites is 1. The second-order valence-electron chi connectivity index (χ2n) is 4.61. The third-order valence-corrected chi connectivity index (χ3v) is 3.30. The maximum absolute atomic E-state index is 11.3. The predicted molar refractivity (Wildman–Crippen MR) is 63.4 cm³/mol. The van der Waals surface area contributed by atoms with Gasteiger partial charge < -0.3 is 9.15 Å². The van der Waals surface area contributed by atoms with E-state index in [1.165, 1.54) is 0 Å². The number of carbonyl (C=O) groups excluding carboxylic acids is 1. The molecule has 1 aromatic heterocycles. The Morgan fingerprint density at radius 3 is 2.94 bits per heavy atom. The van der Waals surface area contributed by atoms with Gasteiger partial charge in [0.25, 0.3) is 0 Å². The number of carbonyl (C=O) groups is 1. The van der Waals surface area contributed by atoms with Crippen LogP contribution in [0.4, 0.5) is 0 Å². The van der Waals surface area contributed by atoms with E-state index in [2.05, 4.69) is 6.92 Å². The van der Waals surface area contributed by atoms with Crippen LogP contribution in [0.1, 0.15) is 31.6 Å². The molecule has 2 atom stereocenters. The molecule has 0 aliphatic carbocycles. The highest BCUT2D eigenvalue weighted by Gasteiger charge is 2.31. The van der Waals surface area contributed by atoms with Crippen molar-refractivity contribution in [3.63, 3.8) is 0 Å². The molecule has 0 unspecified atom stereocenters. The first kappa shape index (κ1) is 10.4. The first-order valence-electron chi connectivity index (χ1n) is 5.92. The van der Waals surface area contributed by atoms with Gasteiger partial charge >= 0.3 is 5.97 Å². The lowest BCUT2D eigenvalue weighted by atomic mass is 9.94. The third kappa shape index (κ3) is 1.82. The van der Waals surface area contributed by atoms with Gasteiger partial charge in [0, 0.05) is 17.7 Å². The Balaban J connectivity index is 1.99. The summed E-state index contributed by atoms with van der Waals surface area (Å²) in [5.41, 5.74) is 0.844. The van der Waals surface area contributed by atoms with Gasteiger partial charge in [-0.3, -0.25) is 4.79 Å². The molecule has 1 aliphatic rings. The van der Waals surface area contributed by atoms with Crippen molar-refractivity contribution in [3.8, 4) is 0 Å². The van der Waals surface area contributed by atoms with E-state index in [9.17, 15) is 4.79 Å². The normalized spacial score (nSPS) is 24.9. The Morgan fingerprint density at radius 1 is 1.29 bits per heavy atom. The lowest BCUT2D eigenvalue weighted by molar-refractivity contribution is -0.159. The lowest BCUT2D eigenvalue weighted by Gasteiger charge is -2.26. The molecule has 0 spiro atoms. The molecule has 3 nitrogen and oxygen atoms in total. The zero-order valence-electron chi connectivity index (χ0n) is 9.68. The van der Waals surface area contributed by atoms with Gasteiger partial charge in [0.2, 0.25) is 0 Å². The van der Waals surface area contributed by atoms with Crippen molar-refractivity contribution in [2.75, 3.05) is 0 Å². The van der Waals surface area contributed by atoms with Gasteiger partial charge in [-0.25, -0.2) is 0 Å². The van der Waals surface area contributed by atoms with E-state index >= 15 is 0 Å². The number of ether oxygens (including phenoxy) is 1. The summed E-state index contributed by atoms with van der Waals surface area (Å²) in [5, 5.41) is 1.05. The van der Waals surface area contributed by atoms with Crippen LogP contribution in [0.25, 0.3) is 11.0 Å². The quantitative estimate of drug-likeness (QED) is 0.704. The van der Waals surface area contributed by atoms with Crippen molar-refractivity contribution in [1.29, 1.82) is 0 Å². The minimum absolute atomic E-state index is 0.131. The fraction of sp³-hybridized carbons (Fsp3) is 0.357. The van der Waals surface area contributed by atoms with Crippen molar-refractivity contribution in [2.24, 2.45) is 5.92 Å². The van der Waals surface area contributed by atoms with Gasteiger partial charge in [-0.1, -0.05) is 25.1 Å². The van der Waals surface area contributed by atoms with E-state index in [-0.39, 0.29) is 12.1 Å². The smallest absolute Gasteiger partial charge is 0.306 e. The Morgan fingerprint density at radius 2 is 2.12 bits per heavy atom. The van der Waals surface area contributed by atoms with E-state index < -0.39 is 0 Å². The molecule has 0 N–H and O–H groups in total. The van der Waals surface area contributed by atoms with Crippen molar-refractivity contribution in [2.45, 2.75) is 25.9 Å². The maximum Gasteiger partial charge on any atom is 0.306 e. The van der Waals surface area contributed by atoms with Crippen molar-refractivity contribution >= 4 is 16.9 Å². The molecule has 0 bridgehead atoms. The van der Waals surface area contributed by atoms with E-state index in [0.29, 0.717) is 12.3 Å². The summed E-state index contributed by atoms with van der Waals surface area (Å²) in [4.78, 5) is 11.3. The molecular formula is C14H14O3. The summed E-state index contributed by atoms with van der Waals surface area (Å²) in [6.07, 6.45) is 1.14. The van der Waals surface area contributed by atoms with Crippen LogP contribution in [0.2, 0.25) is 0 Å². The van der Waals surface area contributed by atoms with Crippen molar-refractivity contribution in [1.82, 2.24) is 0 Å². The zero-order valence-corrected chi connectivity index (χ0v) is 9.68. The average Bonchev–Trinajstić information content (AvgIpc) is 2.75. The molecule has 0 saturated carbocycles. The SMILES string of the molecule is C[C@@H]1CCC(=O)O[C@H]1c1cc2ccccc2o1. The Hall–Kier alpha value is -1.77. The van der Waals surface area contributed by atoms with E-state index in [1.807, 2.05) is 30.3 Å². The van der Waals surface area contributed by atoms with Crippen LogP contribution >= 0.6 is 0 Å².